The topological polar surface area (TPSA) is 77.4 Å². The van der Waals surface area contributed by atoms with Crippen molar-refractivity contribution >= 4 is 23.4 Å². The fourth-order valence-electron chi connectivity index (χ4n) is 3.53. The van der Waals surface area contributed by atoms with Gasteiger partial charge in [-0.05, 0) is 43.7 Å². The van der Waals surface area contributed by atoms with Gasteiger partial charge in [0.25, 0.3) is 0 Å². The number of amides is 1. The first-order valence-electron chi connectivity index (χ1n) is 10.8. The second-order valence-electron chi connectivity index (χ2n) is 7.33. The molecule has 1 aromatic heterocycles. The first-order chi connectivity index (χ1) is 15.6. The van der Waals surface area contributed by atoms with Gasteiger partial charge in [0.05, 0.1) is 12.3 Å². The van der Waals surface area contributed by atoms with E-state index in [0.29, 0.717) is 29.0 Å². The van der Waals surface area contributed by atoms with E-state index in [4.69, 9.17) is 9.47 Å². The highest BCUT2D eigenvalue weighted by Crippen LogP contribution is 2.43. The number of hydrogen-bond donors (Lipinski definition) is 0. The smallest absolute Gasteiger partial charge is 0.247 e. The number of nitrogens with zero attached hydrogens (tertiary/aromatic N) is 4. The Balaban J connectivity index is 1.80. The second-order valence-corrected chi connectivity index (χ2v) is 8.39. The molecule has 166 valence electrons. The number of ether oxygens (including phenoxy) is 2. The molecule has 1 aliphatic rings. The molecule has 2 heterocycles. The van der Waals surface area contributed by atoms with Crippen molar-refractivity contribution in [2.75, 3.05) is 17.3 Å². The molecular formula is C24H26N4O3S. The Morgan fingerprint density at radius 1 is 1.12 bits per heavy atom. The maximum Gasteiger partial charge on any atom is 0.247 e. The SMILES string of the molecule is CCCCSc1nnc2c(n1)O[C@@H](c1ccc(OCC)cc1)N(C(C)=O)c1ccccc1-2. The van der Waals surface area contributed by atoms with Crippen molar-refractivity contribution in [3.8, 4) is 22.9 Å². The molecule has 8 heteroatoms. The standard InChI is InChI=1S/C24H26N4O3S/c1-4-6-15-32-24-25-22-21(26-27-24)19-9-7-8-10-20(19)28(16(3)29)23(31-22)17-11-13-18(14-12-17)30-5-2/h7-14,23H,4-6,15H2,1-3H3/t23-/m0/s1. The molecule has 0 saturated carbocycles. The fourth-order valence-corrected chi connectivity index (χ4v) is 4.40. The number of para-hydroxylation sites is 1. The van der Waals surface area contributed by atoms with Gasteiger partial charge in [0, 0.05) is 23.8 Å². The van der Waals surface area contributed by atoms with Gasteiger partial charge in [-0.25, -0.2) is 0 Å². The van der Waals surface area contributed by atoms with Crippen molar-refractivity contribution in [3.05, 3.63) is 54.1 Å². The number of benzene rings is 2. The molecule has 1 atom stereocenters. The van der Waals surface area contributed by atoms with Gasteiger partial charge in [0.2, 0.25) is 23.2 Å². The van der Waals surface area contributed by atoms with E-state index in [1.54, 1.807) is 16.7 Å². The molecular weight excluding hydrogens is 424 g/mol. The summed E-state index contributed by atoms with van der Waals surface area (Å²) in [5.74, 6) is 1.90. The Hall–Kier alpha value is -3.13. The number of anilines is 1. The fraction of sp³-hybridized carbons (Fsp3) is 0.333. The lowest BCUT2D eigenvalue weighted by molar-refractivity contribution is -0.118. The highest BCUT2D eigenvalue weighted by Gasteiger charge is 2.34. The molecule has 0 fully saturated rings. The molecule has 0 bridgehead atoms. The van der Waals surface area contributed by atoms with Crippen LogP contribution in [0.15, 0.2) is 53.7 Å². The van der Waals surface area contributed by atoms with Crippen LogP contribution in [0.2, 0.25) is 0 Å². The molecule has 3 aromatic rings. The maximum atomic E-state index is 12.8. The van der Waals surface area contributed by atoms with Gasteiger partial charge in [-0.2, -0.15) is 4.98 Å². The lowest BCUT2D eigenvalue weighted by Crippen LogP contribution is -2.36. The second kappa shape index (κ2) is 9.99. The number of fused-ring (bicyclic) bond motifs is 3. The number of unbranched alkanes of at least 4 members (excludes halogenated alkanes) is 1. The van der Waals surface area contributed by atoms with Crippen molar-refractivity contribution in [1.82, 2.24) is 15.2 Å². The third-order valence-electron chi connectivity index (χ3n) is 5.06. The van der Waals surface area contributed by atoms with Crippen molar-refractivity contribution in [2.24, 2.45) is 0 Å². The van der Waals surface area contributed by atoms with Crippen molar-refractivity contribution in [3.63, 3.8) is 0 Å². The first kappa shape index (κ1) is 22.1. The first-order valence-corrected chi connectivity index (χ1v) is 11.8. The highest BCUT2D eigenvalue weighted by atomic mass is 32.2. The predicted molar refractivity (Wildman–Crippen MR) is 125 cm³/mol. The third kappa shape index (κ3) is 4.55. The van der Waals surface area contributed by atoms with Gasteiger partial charge in [-0.3, -0.25) is 9.69 Å². The van der Waals surface area contributed by atoms with Crippen molar-refractivity contribution in [1.29, 1.82) is 0 Å². The van der Waals surface area contributed by atoms with E-state index in [1.165, 1.54) is 6.92 Å². The summed E-state index contributed by atoms with van der Waals surface area (Å²) < 4.78 is 12.0. The largest absolute Gasteiger partial charge is 0.494 e. The summed E-state index contributed by atoms with van der Waals surface area (Å²) in [5, 5.41) is 9.32. The van der Waals surface area contributed by atoms with E-state index in [2.05, 4.69) is 22.1 Å². The Morgan fingerprint density at radius 2 is 1.91 bits per heavy atom. The molecule has 4 rings (SSSR count). The van der Waals surface area contributed by atoms with Gasteiger partial charge in [-0.15, -0.1) is 10.2 Å². The number of hydrogen-bond acceptors (Lipinski definition) is 7. The van der Waals surface area contributed by atoms with Crippen LogP contribution in [-0.4, -0.2) is 33.4 Å². The quantitative estimate of drug-likeness (QED) is 0.358. The maximum absolute atomic E-state index is 12.8. The van der Waals surface area contributed by atoms with Crippen LogP contribution in [0.25, 0.3) is 11.3 Å². The Labute approximate surface area is 192 Å². The van der Waals surface area contributed by atoms with E-state index >= 15 is 0 Å². The summed E-state index contributed by atoms with van der Waals surface area (Å²) >= 11 is 1.56. The number of carbonyl (C=O) groups is 1. The zero-order valence-corrected chi connectivity index (χ0v) is 19.3. The van der Waals surface area contributed by atoms with Crippen LogP contribution in [0, 0.1) is 0 Å². The molecule has 1 amide bonds. The zero-order valence-electron chi connectivity index (χ0n) is 18.4. The average Bonchev–Trinajstić information content (AvgIpc) is 2.94. The van der Waals surface area contributed by atoms with E-state index in [0.717, 1.165) is 35.5 Å². The monoisotopic (exact) mass is 450 g/mol. The van der Waals surface area contributed by atoms with Crippen LogP contribution in [0.4, 0.5) is 5.69 Å². The third-order valence-corrected chi connectivity index (χ3v) is 5.98. The summed E-state index contributed by atoms with van der Waals surface area (Å²) in [6.45, 7) is 6.20. The summed E-state index contributed by atoms with van der Waals surface area (Å²) in [4.78, 5) is 19.1. The van der Waals surface area contributed by atoms with E-state index < -0.39 is 6.23 Å². The van der Waals surface area contributed by atoms with Crippen LogP contribution in [-0.2, 0) is 4.79 Å². The minimum atomic E-state index is -0.698. The summed E-state index contributed by atoms with van der Waals surface area (Å²) in [6.07, 6.45) is 1.47. The molecule has 1 aliphatic heterocycles. The molecule has 0 spiro atoms. The molecule has 32 heavy (non-hydrogen) atoms. The zero-order chi connectivity index (χ0) is 22.5. The van der Waals surface area contributed by atoms with Crippen LogP contribution >= 0.6 is 11.8 Å². The van der Waals surface area contributed by atoms with E-state index in [9.17, 15) is 4.79 Å². The van der Waals surface area contributed by atoms with Gasteiger partial charge >= 0.3 is 0 Å². The Kier molecular flexibility index (Phi) is 6.90. The molecule has 0 N–H and O–H groups in total. The lowest BCUT2D eigenvalue weighted by Gasteiger charge is -2.30. The van der Waals surface area contributed by atoms with Gasteiger partial charge in [-0.1, -0.05) is 43.3 Å². The van der Waals surface area contributed by atoms with E-state index in [-0.39, 0.29) is 5.91 Å². The molecule has 7 nitrogen and oxygen atoms in total. The minimum absolute atomic E-state index is 0.144. The highest BCUT2D eigenvalue weighted by molar-refractivity contribution is 7.99. The van der Waals surface area contributed by atoms with Crippen molar-refractivity contribution < 1.29 is 14.3 Å². The van der Waals surface area contributed by atoms with Crippen molar-refractivity contribution in [2.45, 2.75) is 45.0 Å². The van der Waals surface area contributed by atoms with Crippen LogP contribution in [0.1, 0.15) is 45.4 Å². The summed E-state index contributed by atoms with van der Waals surface area (Å²) in [6, 6.07) is 15.2. The minimum Gasteiger partial charge on any atom is -0.494 e. The summed E-state index contributed by atoms with van der Waals surface area (Å²) in [7, 11) is 0. The molecule has 0 radical (unpaired) electrons. The molecule has 0 saturated heterocycles. The number of aromatic nitrogens is 3. The predicted octanol–water partition coefficient (Wildman–Crippen LogP) is 5.27. The molecule has 0 aliphatic carbocycles. The van der Waals surface area contributed by atoms with E-state index in [1.807, 2.05) is 55.5 Å². The number of rotatable bonds is 7. The Bertz CT molecular complexity index is 1090. The van der Waals surface area contributed by atoms with Gasteiger partial charge in [0.1, 0.15) is 5.75 Å². The Morgan fingerprint density at radius 3 is 2.62 bits per heavy atom. The lowest BCUT2D eigenvalue weighted by atomic mass is 10.1. The number of thioether (sulfide) groups is 1. The van der Waals surface area contributed by atoms with Gasteiger partial charge in [0.15, 0.2) is 5.69 Å². The number of carbonyl (C=O) groups excluding carboxylic acids is 1. The molecule has 2 aromatic carbocycles. The molecule has 0 unspecified atom stereocenters. The van der Waals surface area contributed by atoms with Gasteiger partial charge < -0.3 is 9.47 Å². The van der Waals surface area contributed by atoms with Crippen LogP contribution < -0.4 is 14.4 Å². The normalized spacial score (nSPS) is 14.7. The van der Waals surface area contributed by atoms with Crippen LogP contribution in [0.3, 0.4) is 0 Å². The average molecular weight is 451 g/mol. The van der Waals surface area contributed by atoms with Crippen LogP contribution in [0.5, 0.6) is 11.6 Å². The summed E-state index contributed by atoms with van der Waals surface area (Å²) in [5.41, 5.74) is 2.81.